The van der Waals surface area contributed by atoms with Gasteiger partial charge >= 0.3 is 0 Å². The summed E-state index contributed by atoms with van der Waals surface area (Å²) in [6, 6.07) is 20.4. The number of imide groups is 1. The summed E-state index contributed by atoms with van der Waals surface area (Å²) in [5.41, 5.74) is 5.50. The predicted molar refractivity (Wildman–Crippen MR) is 219 cm³/mol. The van der Waals surface area contributed by atoms with Crippen LogP contribution in [0.5, 0.6) is 5.75 Å². The Balaban J connectivity index is 0.827. The van der Waals surface area contributed by atoms with E-state index in [0.717, 1.165) is 63.2 Å². The second kappa shape index (κ2) is 15.3. The SMILES string of the molecule is CC1(C)[C@H](NC(=O)c2ccc(CC3(CCN4CC=C(c5ccc6c(c5)CN(C5CCC(=O)NC5=O)C6=O)CC4)COC3)cc2)C(C)(C)[C@H]1Oc1ccc(C#N)c(Cl)c1. The second-order valence-corrected chi connectivity index (χ2v) is 18.4. The molecule has 3 aromatic carbocycles. The maximum absolute atomic E-state index is 13.5. The van der Waals surface area contributed by atoms with Crippen LogP contribution in [0.1, 0.15) is 96.3 Å². The van der Waals surface area contributed by atoms with E-state index in [1.807, 2.05) is 24.3 Å². The van der Waals surface area contributed by atoms with Gasteiger partial charge in [-0.3, -0.25) is 29.4 Å². The summed E-state index contributed by atoms with van der Waals surface area (Å²) >= 11 is 6.26. The average molecular weight is 804 g/mol. The molecule has 12 heteroatoms. The van der Waals surface area contributed by atoms with Crippen LogP contribution in [-0.2, 0) is 27.3 Å². The number of nitriles is 1. The molecule has 4 amide bonds. The zero-order valence-electron chi connectivity index (χ0n) is 33.5. The number of benzene rings is 3. The lowest BCUT2D eigenvalue weighted by atomic mass is 9.49. The van der Waals surface area contributed by atoms with Crippen LogP contribution in [0.25, 0.3) is 5.57 Å². The Hall–Kier alpha value is -5.02. The van der Waals surface area contributed by atoms with E-state index in [0.29, 0.717) is 40.4 Å². The van der Waals surface area contributed by atoms with Crippen molar-refractivity contribution in [3.8, 4) is 11.8 Å². The summed E-state index contributed by atoms with van der Waals surface area (Å²) in [6.45, 7) is 13.0. The van der Waals surface area contributed by atoms with E-state index in [1.54, 1.807) is 23.1 Å². The summed E-state index contributed by atoms with van der Waals surface area (Å²) in [5.74, 6) is -0.344. The smallest absolute Gasteiger partial charge is 0.255 e. The summed E-state index contributed by atoms with van der Waals surface area (Å²) in [6.07, 6.45) is 5.51. The molecule has 8 rings (SSSR count). The zero-order valence-corrected chi connectivity index (χ0v) is 34.3. The maximum atomic E-state index is 13.5. The molecule has 1 unspecified atom stereocenters. The van der Waals surface area contributed by atoms with Crippen LogP contribution in [-0.4, -0.2) is 84.5 Å². The van der Waals surface area contributed by atoms with Crippen molar-refractivity contribution in [3.63, 3.8) is 0 Å². The molecule has 0 aromatic heterocycles. The first kappa shape index (κ1) is 39.8. The number of fused-ring (bicyclic) bond motifs is 1. The van der Waals surface area contributed by atoms with E-state index in [2.05, 4.69) is 73.6 Å². The topological polar surface area (TPSA) is 141 Å². The van der Waals surface area contributed by atoms with Gasteiger partial charge in [-0.05, 0) is 90.9 Å². The molecule has 1 atom stereocenters. The minimum absolute atomic E-state index is 0.0584. The van der Waals surface area contributed by atoms with Gasteiger partial charge in [-0.2, -0.15) is 5.26 Å². The average Bonchev–Trinajstić information content (AvgIpc) is 3.51. The van der Waals surface area contributed by atoms with Crippen molar-refractivity contribution >= 4 is 40.8 Å². The molecular formula is C46H50ClN5O6. The molecule has 5 aliphatic rings. The van der Waals surface area contributed by atoms with Gasteiger partial charge in [0.25, 0.3) is 11.8 Å². The number of nitrogens with one attached hydrogen (secondary N) is 2. The molecule has 3 aromatic rings. The van der Waals surface area contributed by atoms with Crippen LogP contribution >= 0.6 is 11.6 Å². The normalized spacial score (nSPS) is 24.4. The lowest BCUT2D eigenvalue weighted by Crippen LogP contribution is -2.74. The number of nitrogens with zero attached hydrogens (tertiary/aromatic N) is 3. The predicted octanol–water partition coefficient (Wildman–Crippen LogP) is 6.32. The van der Waals surface area contributed by atoms with Crippen LogP contribution in [0, 0.1) is 27.6 Å². The molecule has 1 aliphatic carbocycles. The molecule has 1 saturated carbocycles. The van der Waals surface area contributed by atoms with E-state index in [4.69, 9.17) is 21.1 Å². The van der Waals surface area contributed by atoms with E-state index >= 15 is 0 Å². The third-order valence-electron chi connectivity index (χ3n) is 13.2. The number of rotatable bonds is 11. The number of halogens is 1. The molecule has 3 fully saturated rings. The molecule has 0 radical (unpaired) electrons. The fraction of sp³-hybridized carbons (Fsp3) is 0.457. The van der Waals surface area contributed by atoms with Crippen molar-refractivity contribution in [2.45, 2.75) is 84.5 Å². The minimum atomic E-state index is -0.614. The first-order valence-electron chi connectivity index (χ1n) is 20.2. The summed E-state index contributed by atoms with van der Waals surface area (Å²) in [5, 5.41) is 15.2. The van der Waals surface area contributed by atoms with E-state index < -0.39 is 11.9 Å². The van der Waals surface area contributed by atoms with Gasteiger partial charge in [0.05, 0.1) is 23.8 Å². The van der Waals surface area contributed by atoms with Crippen LogP contribution in [0.15, 0.2) is 66.7 Å². The minimum Gasteiger partial charge on any atom is -0.489 e. The molecule has 4 aliphatic heterocycles. The van der Waals surface area contributed by atoms with Gasteiger partial charge in [0, 0.05) is 65.5 Å². The third-order valence-corrected chi connectivity index (χ3v) is 13.5. The lowest BCUT2D eigenvalue weighted by molar-refractivity contribution is -0.164. The Morgan fingerprint density at radius 3 is 2.41 bits per heavy atom. The molecule has 2 saturated heterocycles. The number of carbonyl (C=O) groups is 4. The quantitative estimate of drug-likeness (QED) is 0.215. The van der Waals surface area contributed by atoms with Gasteiger partial charge in [-0.1, -0.05) is 63.6 Å². The highest BCUT2D eigenvalue weighted by Crippen LogP contribution is 2.55. The number of hydrogen-bond donors (Lipinski definition) is 2. The van der Waals surface area contributed by atoms with Crippen molar-refractivity contribution in [1.29, 1.82) is 5.26 Å². The van der Waals surface area contributed by atoms with Crippen molar-refractivity contribution in [3.05, 3.63) is 105 Å². The third kappa shape index (κ3) is 7.42. The zero-order chi connectivity index (χ0) is 41.0. The van der Waals surface area contributed by atoms with Crippen molar-refractivity contribution in [2.24, 2.45) is 16.2 Å². The van der Waals surface area contributed by atoms with Gasteiger partial charge in [-0.25, -0.2) is 0 Å². The first-order chi connectivity index (χ1) is 27.7. The van der Waals surface area contributed by atoms with Gasteiger partial charge in [0.2, 0.25) is 11.8 Å². The van der Waals surface area contributed by atoms with Crippen LogP contribution in [0.4, 0.5) is 0 Å². The highest BCUT2D eigenvalue weighted by Gasteiger charge is 2.64. The molecule has 4 heterocycles. The fourth-order valence-corrected chi connectivity index (χ4v) is 10.3. The maximum Gasteiger partial charge on any atom is 0.255 e. The molecule has 0 bridgehead atoms. The Morgan fingerprint density at radius 2 is 1.78 bits per heavy atom. The Bertz CT molecular complexity index is 2220. The summed E-state index contributed by atoms with van der Waals surface area (Å²) < 4.78 is 12.2. The Morgan fingerprint density at radius 1 is 1.02 bits per heavy atom. The number of ether oxygens (including phenoxy) is 2. The molecule has 302 valence electrons. The molecule has 58 heavy (non-hydrogen) atoms. The number of piperidine rings is 1. The van der Waals surface area contributed by atoms with Crippen molar-refractivity contribution in [1.82, 2.24) is 20.4 Å². The van der Waals surface area contributed by atoms with Gasteiger partial charge in [-0.15, -0.1) is 0 Å². The highest BCUT2D eigenvalue weighted by molar-refractivity contribution is 6.31. The fourth-order valence-electron chi connectivity index (χ4n) is 10.1. The van der Waals surface area contributed by atoms with E-state index in [1.165, 1.54) is 11.1 Å². The number of amides is 4. The van der Waals surface area contributed by atoms with Crippen molar-refractivity contribution < 1.29 is 28.7 Å². The van der Waals surface area contributed by atoms with Gasteiger partial charge < -0.3 is 19.7 Å². The molecular weight excluding hydrogens is 754 g/mol. The first-order valence-corrected chi connectivity index (χ1v) is 20.6. The van der Waals surface area contributed by atoms with E-state index in [9.17, 15) is 24.4 Å². The van der Waals surface area contributed by atoms with Gasteiger partial charge in [0.1, 0.15) is 24.0 Å². The lowest BCUT2D eigenvalue weighted by Gasteiger charge is -2.63. The van der Waals surface area contributed by atoms with Crippen molar-refractivity contribution in [2.75, 3.05) is 32.8 Å². The van der Waals surface area contributed by atoms with Crippen LogP contribution in [0.3, 0.4) is 0 Å². The molecule has 11 nitrogen and oxygen atoms in total. The number of carbonyl (C=O) groups excluding carboxylic acids is 4. The van der Waals surface area contributed by atoms with Crippen LogP contribution in [0.2, 0.25) is 5.02 Å². The Kier molecular flexibility index (Phi) is 10.5. The standard InChI is InChI=1S/C46H50ClN5O6/c1-44(2)42(45(3,4)43(44)58-34-11-9-32(24-48)36(47)22-34)50-39(54)30-7-5-28(6-8-30)23-46(26-57-27-46)17-20-51-18-15-29(16-19-51)31-10-12-35-33(21-31)25-52(41(35)56)37-13-14-38(53)49-40(37)55/h5-12,15,21-22,37,42-43H,13-14,16-20,23,25-27H2,1-4H3,(H,50,54)(H,49,53,55)/t37?,42-,43-. The second-order valence-electron chi connectivity index (χ2n) is 18.0. The van der Waals surface area contributed by atoms with E-state index in [-0.39, 0.29) is 52.5 Å². The monoisotopic (exact) mass is 803 g/mol. The Labute approximate surface area is 344 Å². The van der Waals surface area contributed by atoms with Crippen LogP contribution < -0.4 is 15.4 Å². The molecule has 0 spiro atoms. The molecule has 2 N–H and O–H groups in total. The largest absolute Gasteiger partial charge is 0.489 e. The summed E-state index contributed by atoms with van der Waals surface area (Å²) in [4.78, 5) is 54.9. The highest BCUT2D eigenvalue weighted by atomic mass is 35.5. The summed E-state index contributed by atoms with van der Waals surface area (Å²) in [7, 11) is 0. The van der Waals surface area contributed by atoms with Gasteiger partial charge in [0.15, 0.2) is 0 Å². The number of hydrogen-bond acceptors (Lipinski definition) is 8.